The zero-order valence-corrected chi connectivity index (χ0v) is 18.4. The lowest BCUT2D eigenvalue weighted by Crippen LogP contribution is -2.40. The molecule has 0 spiro atoms. The van der Waals surface area contributed by atoms with Gasteiger partial charge in [-0.3, -0.25) is 9.48 Å². The fraction of sp³-hybridized carbons (Fsp3) is 0.400. The summed E-state index contributed by atoms with van der Waals surface area (Å²) in [5.74, 6) is 0.615. The quantitative estimate of drug-likeness (QED) is 0.604. The maximum absolute atomic E-state index is 13.0. The fourth-order valence-electron chi connectivity index (χ4n) is 3.62. The van der Waals surface area contributed by atoms with Crippen molar-refractivity contribution < 1.29 is 4.79 Å². The minimum atomic E-state index is -0.313. The lowest BCUT2D eigenvalue weighted by Gasteiger charge is -2.21. The Balaban J connectivity index is 1.79. The van der Waals surface area contributed by atoms with Crippen LogP contribution in [0.25, 0.3) is 22.6 Å². The van der Waals surface area contributed by atoms with Gasteiger partial charge >= 0.3 is 0 Å². The average molecular weight is 403 g/mol. The first-order valence-corrected chi connectivity index (χ1v) is 10.7. The first-order valence-electron chi connectivity index (χ1n) is 10.7. The van der Waals surface area contributed by atoms with Crippen LogP contribution in [0.3, 0.4) is 0 Å². The van der Waals surface area contributed by atoms with Gasteiger partial charge < -0.3 is 5.32 Å². The van der Waals surface area contributed by atoms with Gasteiger partial charge in [-0.25, -0.2) is 4.98 Å². The van der Waals surface area contributed by atoms with Crippen LogP contribution in [0.1, 0.15) is 75.3 Å². The highest BCUT2D eigenvalue weighted by atomic mass is 16.1. The Labute approximate surface area is 178 Å². The summed E-state index contributed by atoms with van der Waals surface area (Å²) in [6.07, 6.45) is 4.34. The third-order valence-electron chi connectivity index (χ3n) is 5.25. The number of carbonyl (C=O) groups excluding carboxylic acids is 1. The number of aromatic nitrogens is 3. The molecule has 1 aliphatic rings. The summed E-state index contributed by atoms with van der Waals surface area (Å²) in [6, 6.07) is 14.5. The molecule has 30 heavy (non-hydrogen) atoms. The van der Waals surface area contributed by atoms with Crippen LogP contribution in [-0.2, 0) is 0 Å². The molecule has 5 nitrogen and oxygen atoms in total. The van der Waals surface area contributed by atoms with Gasteiger partial charge in [0, 0.05) is 28.9 Å². The van der Waals surface area contributed by atoms with Gasteiger partial charge in [0.1, 0.15) is 0 Å². The normalized spacial score (nSPS) is 14.2. The predicted octanol–water partition coefficient (Wildman–Crippen LogP) is 5.60. The zero-order valence-electron chi connectivity index (χ0n) is 18.4. The summed E-state index contributed by atoms with van der Waals surface area (Å²) >= 11 is 0. The molecule has 0 radical (unpaired) electrons. The number of nitrogens with zero attached hydrogens (tertiary/aromatic N) is 3. The van der Waals surface area contributed by atoms with Crippen LogP contribution in [0.4, 0.5) is 0 Å². The van der Waals surface area contributed by atoms with E-state index >= 15 is 0 Å². The molecular formula is C25H30N4O. The maximum atomic E-state index is 13.0. The van der Waals surface area contributed by atoms with E-state index in [4.69, 9.17) is 4.98 Å². The van der Waals surface area contributed by atoms with Crippen molar-refractivity contribution in [3.8, 4) is 22.6 Å². The molecule has 0 atom stereocenters. The van der Waals surface area contributed by atoms with E-state index in [9.17, 15) is 4.79 Å². The molecule has 2 aromatic heterocycles. The van der Waals surface area contributed by atoms with Gasteiger partial charge in [0.2, 0.25) is 0 Å². The van der Waals surface area contributed by atoms with Crippen molar-refractivity contribution in [1.82, 2.24) is 20.1 Å². The molecule has 1 saturated carbocycles. The highest BCUT2D eigenvalue weighted by Crippen LogP contribution is 2.40. The molecule has 1 aromatic carbocycles. The topological polar surface area (TPSA) is 59.8 Å². The van der Waals surface area contributed by atoms with Crippen LogP contribution in [0.5, 0.6) is 0 Å². The molecule has 156 valence electrons. The van der Waals surface area contributed by atoms with Gasteiger partial charge in [-0.15, -0.1) is 0 Å². The zero-order chi connectivity index (χ0) is 21.5. The lowest BCUT2D eigenvalue weighted by atomic mass is 10.0. The Morgan fingerprint density at radius 1 is 1.07 bits per heavy atom. The number of hydrogen-bond donors (Lipinski definition) is 1. The summed E-state index contributed by atoms with van der Waals surface area (Å²) in [5, 5.41) is 7.51. The second kappa shape index (κ2) is 7.71. The second-order valence-corrected chi connectivity index (χ2v) is 9.48. The number of hydrogen-bond acceptors (Lipinski definition) is 3. The summed E-state index contributed by atoms with van der Waals surface area (Å²) in [5.41, 5.74) is 5.15. The van der Waals surface area contributed by atoms with E-state index < -0.39 is 0 Å². The molecule has 0 unspecified atom stereocenters. The number of benzene rings is 1. The van der Waals surface area contributed by atoms with Gasteiger partial charge in [0.05, 0.1) is 17.1 Å². The van der Waals surface area contributed by atoms with Crippen molar-refractivity contribution in [2.45, 2.75) is 65.0 Å². The summed E-state index contributed by atoms with van der Waals surface area (Å²) in [4.78, 5) is 17.9. The van der Waals surface area contributed by atoms with Crippen molar-refractivity contribution in [3.63, 3.8) is 0 Å². The Bertz CT molecular complexity index is 1050. The summed E-state index contributed by atoms with van der Waals surface area (Å²) < 4.78 is 1.94. The van der Waals surface area contributed by atoms with Crippen molar-refractivity contribution in [2.75, 3.05) is 0 Å². The third kappa shape index (κ3) is 4.45. The standard InChI is InChI=1S/C25H30N4O/c1-16(2)29-23(12-13-26-29)22-15-20(24(30)28-25(3,4)5)14-21(27-22)19-10-8-18(9-11-19)17-6-7-17/h8-17H,6-7H2,1-5H3,(H,28,30). The third-order valence-corrected chi connectivity index (χ3v) is 5.25. The molecule has 4 rings (SSSR count). The van der Waals surface area contributed by atoms with E-state index in [0.717, 1.165) is 22.6 Å². The Hall–Kier alpha value is -2.95. The Morgan fingerprint density at radius 3 is 2.33 bits per heavy atom. The predicted molar refractivity (Wildman–Crippen MR) is 120 cm³/mol. The molecule has 2 heterocycles. The van der Waals surface area contributed by atoms with Crippen LogP contribution in [-0.4, -0.2) is 26.2 Å². The monoisotopic (exact) mass is 402 g/mol. The van der Waals surface area contributed by atoms with E-state index in [0.29, 0.717) is 11.5 Å². The largest absolute Gasteiger partial charge is 0.347 e. The summed E-state index contributed by atoms with van der Waals surface area (Å²) in [7, 11) is 0. The lowest BCUT2D eigenvalue weighted by molar-refractivity contribution is 0.0919. The van der Waals surface area contributed by atoms with Gasteiger partial charge in [-0.1, -0.05) is 24.3 Å². The van der Waals surface area contributed by atoms with Gasteiger partial charge in [0.15, 0.2) is 0 Å². The van der Waals surface area contributed by atoms with E-state index in [1.807, 2.05) is 43.7 Å². The van der Waals surface area contributed by atoms with Crippen LogP contribution >= 0.6 is 0 Å². The van der Waals surface area contributed by atoms with Crippen molar-refractivity contribution >= 4 is 5.91 Å². The molecule has 3 aromatic rings. The number of carbonyl (C=O) groups is 1. The number of rotatable bonds is 5. The smallest absolute Gasteiger partial charge is 0.251 e. The summed E-state index contributed by atoms with van der Waals surface area (Å²) in [6.45, 7) is 10.1. The van der Waals surface area contributed by atoms with Crippen LogP contribution in [0.15, 0.2) is 48.7 Å². The van der Waals surface area contributed by atoms with E-state index in [1.165, 1.54) is 18.4 Å². The van der Waals surface area contributed by atoms with Crippen LogP contribution < -0.4 is 5.32 Å². The van der Waals surface area contributed by atoms with Crippen molar-refractivity contribution in [2.24, 2.45) is 0 Å². The van der Waals surface area contributed by atoms with E-state index in [-0.39, 0.29) is 17.5 Å². The van der Waals surface area contributed by atoms with Gasteiger partial charge in [0.25, 0.3) is 5.91 Å². The Kier molecular flexibility index (Phi) is 5.22. The van der Waals surface area contributed by atoms with E-state index in [2.05, 4.69) is 48.5 Å². The first kappa shape index (κ1) is 20.3. The highest BCUT2D eigenvalue weighted by molar-refractivity contribution is 5.96. The molecule has 5 heteroatoms. The minimum Gasteiger partial charge on any atom is -0.347 e. The Morgan fingerprint density at radius 2 is 1.73 bits per heavy atom. The molecule has 0 saturated heterocycles. The first-order chi connectivity index (χ1) is 14.2. The number of nitrogens with one attached hydrogen (secondary N) is 1. The molecule has 1 amide bonds. The van der Waals surface area contributed by atoms with Crippen molar-refractivity contribution in [1.29, 1.82) is 0 Å². The van der Waals surface area contributed by atoms with Crippen LogP contribution in [0.2, 0.25) is 0 Å². The van der Waals surface area contributed by atoms with Crippen LogP contribution in [0, 0.1) is 0 Å². The second-order valence-electron chi connectivity index (χ2n) is 9.48. The van der Waals surface area contributed by atoms with Crippen molar-refractivity contribution in [3.05, 3.63) is 59.8 Å². The molecule has 0 aliphatic heterocycles. The average Bonchev–Trinajstić information content (AvgIpc) is 3.42. The maximum Gasteiger partial charge on any atom is 0.251 e. The van der Waals surface area contributed by atoms with E-state index in [1.54, 1.807) is 6.20 Å². The number of amides is 1. The highest BCUT2D eigenvalue weighted by Gasteiger charge is 2.23. The fourth-order valence-corrected chi connectivity index (χ4v) is 3.62. The van der Waals surface area contributed by atoms with Gasteiger partial charge in [-0.2, -0.15) is 5.10 Å². The molecule has 1 fully saturated rings. The van der Waals surface area contributed by atoms with Gasteiger partial charge in [-0.05, 0) is 77.1 Å². The molecule has 0 bridgehead atoms. The number of pyridine rings is 1. The molecular weight excluding hydrogens is 372 g/mol. The molecule has 1 aliphatic carbocycles. The SMILES string of the molecule is CC(C)n1nccc1-c1cc(C(=O)NC(C)(C)C)cc(-c2ccc(C3CC3)cc2)n1. The minimum absolute atomic E-state index is 0.0994. The molecule has 1 N–H and O–H groups in total.